The Labute approximate surface area is 134 Å². The lowest BCUT2D eigenvalue weighted by atomic mass is 10.2. The van der Waals surface area contributed by atoms with Crippen LogP contribution in [0.25, 0.3) is 11.2 Å². The van der Waals surface area contributed by atoms with E-state index in [1.807, 2.05) is 0 Å². The molecule has 3 N–H and O–H groups in total. The molecular weight excluding hydrogens is 348 g/mol. The van der Waals surface area contributed by atoms with E-state index in [1.165, 1.54) is 23.5 Å². The Bertz CT molecular complexity index is 761. The number of nitrogens with two attached hydrogens (primary N) is 1. The number of hydrogen-bond donors (Lipinski definition) is 2. The molecule has 0 spiro atoms. The smallest absolute Gasteiger partial charge is 0.382 e. The van der Waals surface area contributed by atoms with Gasteiger partial charge in [-0.25, -0.2) is 23.9 Å². The fourth-order valence-corrected chi connectivity index (χ4v) is 3.30. The van der Waals surface area contributed by atoms with Crippen LogP contribution in [0, 0.1) is 0 Å². The molecule has 2 aromatic rings. The zero-order valence-electron chi connectivity index (χ0n) is 12.1. The number of ether oxygens (including phenoxy) is 1. The van der Waals surface area contributed by atoms with Gasteiger partial charge in [-0.1, -0.05) is 0 Å². The lowest BCUT2D eigenvalue weighted by Crippen LogP contribution is -2.17. The molecule has 2 aromatic heterocycles. The van der Waals surface area contributed by atoms with Gasteiger partial charge in [0.15, 0.2) is 17.7 Å². The van der Waals surface area contributed by atoms with E-state index in [0.717, 1.165) is 0 Å². The maximum atomic E-state index is 14.3. The lowest BCUT2D eigenvalue weighted by Gasteiger charge is -2.16. The Morgan fingerprint density at radius 3 is 3.13 bits per heavy atom. The number of nitrogens with zero attached hydrogens (tertiary/aromatic N) is 4. The Hall–Kier alpha value is -1.26. The second kappa shape index (κ2) is 6.33. The summed E-state index contributed by atoms with van der Waals surface area (Å²) in [6.45, 7) is -3.88. The molecule has 126 valence electrons. The van der Waals surface area contributed by atoms with Crippen molar-refractivity contribution in [3.63, 3.8) is 0 Å². The molecule has 1 saturated heterocycles. The Kier molecular flexibility index (Phi) is 4.56. The van der Waals surface area contributed by atoms with Gasteiger partial charge in [0.1, 0.15) is 18.0 Å². The van der Waals surface area contributed by atoms with Gasteiger partial charge in [-0.2, -0.15) is 0 Å². The Balaban J connectivity index is 1.76. The summed E-state index contributed by atoms with van der Waals surface area (Å²) < 4.78 is 37.7. The third kappa shape index (κ3) is 3.33. The standard InChI is InChI=1S/C11H15FN5O4PS/c1-23-22(18,19)20-3-6-2-7(12)11(21-6)17-5-16-8-9(13)14-4-15-10(8)17/h4-7,11H,2-3H2,1H3,(H,18,19)(H2,13,14,15)/t6?,7-,11-/m1/s1. The van der Waals surface area contributed by atoms with Crippen LogP contribution in [0.4, 0.5) is 10.2 Å². The zero-order valence-corrected chi connectivity index (χ0v) is 13.8. The van der Waals surface area contributed by atoms with Crippen molar-refractivity contribution in [2.45, 2.75) is 24.9 Å². The summed E-state index contributed by atoms with van der Waals surface area (Å²) in [4.78, 5) is 21.3. The van der Waals surface area contributed by atoms with Gasteiger partial charge in [0.05, 0.1) is 19.0 Å². The van der Waals surface area contributed by atoms with Crippen molar-refractivity contribution >= 4 is 35.2 Å². The third-order valence-corrected chi connectivity index (χ3v) is 6.08. The first-order valence-corrected chi connectivity index (χ1v) is 10.1. The van der Waals surface area contributed by atoms with E-state index in [0.29, 0.717) is 22.5 Å². The normalized spacial score (nSPS) is 27.3. The van der Waals surface area contributed by atoms with E-state index >= 15 is 0 Å². The van der Waals surface area contributed by atoms with E-state index in [4.69, 9.17) is 15.0 Å². The predicted molar refractivity (Wildman–Crippen MR) is 82.5 cm³/mol. The lowest BCUT2D eigenvalue weighted by molar-refractivity contribution is -0.0318. The molecular formula is C11H15FN5O4PS. The van der Waals surface area contributed by atoms with Gasteiger partial charge in [-0.05, 0) is 17.6 Å². The highest BCUT2D eigenvalue weighted by Crippen LogP contribution is 2.54. The molecule has 0 aliphatic carbocycles. The van der Waals surface area contributed by atoms with Gasteiger partial charge in [-0.15, -0.1) is 0 Å². The highest BCUT2D eigenvalue weighted by molar-refractivity contribution is 8.54. The maximum Gasteiger partial charge on any atom is 0.386 e. The van der Waals surface area contributed by atoms with Crippen LogP contribution >= 0.6 is 18.2 Å². The molecule has 0 saturated carbocycles. The third-order valence-electron chi connectivity index (χ3n) is 3.44. The van der Waals surface area contributed by atoms with Crippen molar-refractivity contribution in [2.75, 3.05) is 18.6 Å². The van der Waals surface area contributed by atoms with E-state index in [9.17, 15) is 13.8 Å². The van der Waals surface area contributed by atoms with Gasteiger partial charge in [0.25, 0.3) is 0 Å². The van der Waals surface area contributed by atoms with Gasteiger partial charge < -0.3 is 15.4 Å². The average molecular weight is 363 g/mol. The largest absolute Gasteiger partial charge is 0.386 e. The van der Waals surface area contributed by atoms with Crippen LogP contribution in [0.2, 0.25) is 0 Å². The fourth-order valence-electron chi connectivity index (χ4n) is 2.34. The van der Waals surface area contributed by atoms with E-state index in [2.05, 4.69) is 15.0 Å². The molecule has 3 rings (SSSR count). The van der Waals surface area contributed by atoms with E-state index < -0.39 is 25.3 Å². The molecule has 4 atom stereocenters. The summed E-state index contributed by atoms with van der Waals surface area (Å²) in [5, 5.41) is 0. The summed E-state index contributed by atoms with van der Waals surface area (Å²) in [5.74, 6) is 0.197. The highest BCUT2D eigenvalue weighted by atomic mass is 32.7. The summed E-state index contributed by atoms with van der Waals surface area (Å²) in [6.07, 6.45) is 1.23. The first-order valence-electron chi connectivity index (χ1n) is 6.67. The van der Waals surface area contributed by atoms with Gasteiger partial charge in [0.2, 0.25) is 0 Å². The second-order valence-electron chi connectivity index (χ2n) is 4.93. The van der Waals surface area contributed by atoms with Crippen LogP contribution in [0.5, 0.6) is 0 Å². The Morgan fingerprint density at radius 2 is 2.39 bits per heavy atom. The number of anilines is 1. The van der Waals surface area contributed by atoms with E-state index in [1.54, 1.807) is 0 Å². The molecule has 0 radical (unpaired) electrons. The number of rotatable bonds is 5. The molecule has 0 aromatic carbocycles. The van der Waals surface area contributed by atoms with Crippen LogP contribution in [0.15, 0.2) is 12.7 Å². The topological polar surface area (TPSA) is 125 Å². The molecule has 9 nitrogen and oxygen atoms in total. The van der Waals surface area contributed by atoms with Crippen LogP contribution in [-0.4, -0.2) is 49.6 Å². The monoisotopic (exact) mass is 363 g/mol. The van der Waals surface area contributed by atoms with Crippen LogP contribution in [-0.2, 0) is 13.8 Å². The summed E-state index contributed by atoms with van der Waals surface area (Å²) in [6, 6.07) is 0. The van der Waals surface area contributed by atoms with Crippen molar-refractivity contribution < 1.29 is 23.1 Å². The van der Waals surface area contributed by atoms with Crippen molar-refractivity contribution in [3.05, 3.63) is 12.7 Å². The minimum absolute atomic E-state index is 0.0410. The SMILES string of the molecule is CSP(=O)(O)OCC1C[C@@H](F)[C@H](n2cnc3c(N)ncnc32)O1. The fraction of sp³-hybridized carbons (Fsp3) is 0.545. The number of hydrogen-bond acceptors (Lipinski definition) is 8. The minimum atomic E-state index is -3.71. The first kappa shape index (κ1) is 16.6. The van der Waals surface area contributed by atoms with Gasteiger partial charge in [-0.3, -0.25) is 9.09 Å². The first-order chi connectivity index (χ1) is 10.9. The molecule has 23 heavy (non-hydrogen) atoms. The molecule has 1 fully saturated rings. The minimum Gasteiger partial charge on any atom is -0.382 e. The van der Waals surface area contributed by atoms with Crippen LogP contribution in [0.3, 0.4) is 0 Å². The molecule has 1 aliphatic rings. The molecule has 0 amide bonds. The molecule has 12 heteroatoms. The quantitative estimate of drug-likeness (QED) is 0.760. The van der Waals surface area contributed by atoms with Crippen LogP contribution in [0.1, 0.15) is 12.6 Å². The number of aromatic nitrogens is 4. The van der Waals surface area contributed by atoms with Crippen molar-refractivity contribution in [2.24, 2.45) is 0 Å². The summed E-state index contributed by atoms with van der Waals surface area (Å²) in [5.41, 5.74) is 6.43. The van der Waals surface area contributed by atoms with Crippen molar-refractivity contribution in [1.82, 2.24) is 19.5 Å². The molecule has 3 heterocycles. The maximum absolute atomic E-state index is 14.3. The van der Waals surface area contributed by atoms with Gasteiger partial charge >= 0.3 is 6.80 Å². The van der Waals surface area contributed by atoms with E-state index in [-0.39, 0.29) is 18.8 Å². The number of halogens is 1. The molecule has 2 unspecified atom stereocenters. The van der Waals surface area contributed by atoms with Gasteiger partial charge in [0, 0.05) is 6.42 Å². The predicted octanol–water partition coefficient (Wildman–Crippen LogP) is 1.51. The summed E-state index contributed by atoms with van der Waals surface area (Å²) >= 11 is 0.707. The number of imidazole rings is 1. The highest BCUT2D eigenvalue weighted by Gasteiger charge is 2.38. The average Bonchev–Trinajstić information content (AvgIpc) is 3.09. The summed E-state index contributed by atoms with van der Waals surface area (Å²) in [7, 11) is 0. The zero-order chi connectivity index (χ0) is 16.6. The molecule has 0 bridgehead atoms. The van der Waals surface area contributed by atoms with Crippen LogP contribution < -0.4 is 5.73 Å². The van der Waals surface area contributed by atoms with Crippen molar-refractivity contribution in [3.8, 4) is 0 Å². The van der Waals surface area contributed by atoms with Crippen molar-refractivity contribution in [1.29, 1.82) is 0 Å². The number of alkyl halides is 1. The molecule has 1 aliphatic heterocycles. The second-order valence-corrected chi connectivity index (χ2v) is 8.97. The number of fused-ring (bicyclic) bond motifs is 1. The Morgan fingerprint density at radius 1 is 1.61 bits per heavy atom. The number of nitrogen functional groups attached to an aromatic ring is 1.